The third-order valence-corrected chi connectivity index (χ3v) is 4.46. The fraction of sp³-hybridized carbons (Fsp3) is 0.500. The first kappa shape index (κ1) is 19.0. The van der Waals surface area contributed by atoms with Crippen molar-refractivity contribution in [2.45, 2.75) is 45.1 Å². The number of esters is 1. The molecule has 2 rings (SSSR count). The summed E-state index contributed by atoms with van der Waals surface area (Å²) in [6.07, 6.45) is 8.25. The van der Waals surface area contributed by atoms with E-state index in [9.17, 15) is 9.59 Å². The van der Waals surface area contributed by atoms with E-state index < -0.39 is 12.1 Å². The van der Waals surface area contributed by atoms with E-state index in [0.29, 0.717) is 18.2 Å². The van der Waals surface area contributed by atoms with Crippen molar-refractivity contribution in [1.29, 1.82) is 0 Å². The van der Waals surface area contributed by atoms with E-state index in [4.69, 9.17) is 9.47 Å². The van der Waals surface area contributed by atoms with Gasteiger partial charge in [-0.25, -0.2) is 4.79 Å². The van der Waals surface area contributed by atoms with Gasteiger partial charge in [-0.1, -0.05) is 31.4 Å². The predicted molar refractivity (Wildman–Crippen MR) is 97.2 cm³/mol. The Bertz CT molecular complexity index is 605. The smallest absolute Gasteiger partial charge is 0.331 e. The Balaban J connectivity index is 1.76. The fourth-order valence-electron chi connectivity index (χ4n) is 2.96. The van der Waals surface area contributed by atoms with Crippen LogP contribution in [0.3, 0.4) is 0 Å². The number of hydrogen-bond acceptors (Lipinski definition) is 4. The number of carbonyl (C=O) groups is 2. The highest BCUT2D eigenvalue weighted by Gasteiger charge is 2.19. The van der Waals surface area contributed by atoms with Crippen molar-refractivity contribution in [3.05, 3.63) is 35.9 Å². The van der Waals surface area contributed by atoms with Gasteiger partial charge in [-0.15, -0.1) is 0 Å². The maximum absolute atomic E-state index is 12.0. The molecule has 0 unspecified atom stereocenters. The minimum atomic E-state index is -0.800. The number of nitrogens with one attached hydrogen (secondary N) is 1. The Morgan fingerprint density at radius 1 is 1.28 bits per heavy atom. The number of amides is 1. The molecule has 136 valence electrons. The summed E-state index contributed by atoms with van der Waals surface area (Å²) in [7, 11) is 1.59. The average Bonchev–Trinajstić information content (AvgIpc) is 2.65. The summed E-state index contributed by atoms with van der Waals surface area (Å²) in [5.74, 6) is 0.483. The van der Waals surface area contributed by atoms with E-state index >= 15 is 0 Å². The topological polar surface area (TPSA) is 64.6 Å². The van der Waals surface area contributed by atoms with Crippen molar-refractivity contribution in [3.8, 4) is 5.75 Å². The summed E-state index contributed by atoms with van der Waals surface area (Å²) in [5, 5.41) is 2.89. The van der Waals surface area contributed by atoms with Crippen LogP contribution < -0.4 is 10.1 Å². The minimum absolute atomic E-state index is 0.242. The standard InChI is InChI=1S/C20H27NO4/c1-15(20(23)21-14-17-7-4-3-5-8-17)25-19(22)12-11-16-9-6-10-18(13-16)24-2/h6,9-13,15,17H,3-5,7-8,14H2,1-2H3,(H,21,23)/b12-11+/t15-/m1/s1. The second-order valence-corrected chi connectivity index (χ2v) is 6.44. The quantitative estimate of drug-likeness (QED) is 0.608. The average molecular weight is 345 g/mol. The maximum Gasteiger partial charge on any atom is 0.331 e. The maximum atomic E-state index is 12.0. The number of methoxy groups -OCH3 is 1. The Morgan fingerprint density at radius 3 is 2.76 bits per heavy atom. The lowest BCUT2D eigenvalue weighted by Gasteiger charge is -2.22. The first-order chi connectivity index (χ1) is 12.1. The molecule has 0 spiro atoms. The molecule has 1 N–H and O–H groups in total. The van der Waals surface area contributed by atoms with Crippen LogP contribution in [0.4, 0.5) is 0 Å². The summed E-state index contributed by atoms with van der Waals surface area (Å²) in [5.41, 5.74) is 0.825. The fourth-order valence-corrected chi connectivity index (χ4v) is 2.96. The van der Waals surface area contributed by atoms with Gasteiger partial charge in [-0.2, -0.15) is 0 Å². The van der Waals surface area contributed by atoms with E-state index in [2.05, 4.69) is 5.32 Å². The van der Waals surface area contributed by atoms with Crippen LogP contribution in [-0.2, 0) is 14.3 Å². The number of carbonyl (C=O) groups excluding carboxylic acids is 2. The van der Waals surface area contributed by atoms with Crippen molar-refractivity contribution < 1.29 is 19.1 Å². The van der Waals surface area contributed by atoms with E-state index in [1.165, 1.54) is 25.3 Å². The zero-order valence-electron chi connectivity index (χ0n) is 15.0. The van der Waals surface area contributed by atoms with Crippen LogP contribution in [0.25, 0.3) is 6.08 Å². The highest BCUT2D eigenvalue weighted by Crippen LogP contribution is 2.22. The van der Waals surface area contributed by atoms with Gasteiger partial charge in [0.15, 0.2) is 6.10 Å². The molecule has 0 aliphatic heterocycles. The molecule has 0 radical (unpaired) electrons. The van der Waals surface area contributed by atoms with Gasteiger partial charge in [-0.05, 0) is 49.5 Å². The second-order valence-electron chi connectivity index (χ2n) is 6.44. The zero-order valence-corrected chi connectivity index (χ0v) is 15.0. The molecule has 0 aromatic heterocycles. The molecular formula is C20H27NO4. The molecule has 5 heteroatoms. The molecule has 1 aromatic rings. The van der Waals surface area contributed by atoms with Gasteiger partial charge in [0.25, 0.3) is 5.91 Å². The highest BCUT2D eigenvalue weighted by atomic mass is 16.5. The van der Waals surface area contributed by atoms with Gasteiger partial charge < -0.3 is 14.8 Å². The van der Waals surface area contributed by atoms with Gasteiger partial charge in [0.2, 0.25) is 0 Å². The monoisotopic (exact) mass is 345 g/mol. The summed E-state index contributed by atoms with van der Waals surface area (Å²) >= 11 is 0. The van der Waals surface area contributed by atoms with Gasteiger partial charge in [0, 0.05) is 12.6 Å². The first-order valence-electron chi connectivity index (χ1n) is 8.89. The molecule has 1 amide bonds. The third-order valence-electron chi connectivity index (χ3n) is 4.46. The molecule has 5 nitrogen and oxygen atoms in total. The summed E-state index contributed by atoms with van der Waals surface area (Å²) in [4.78, 5) is 23.9. The highest BCUT2D eigenvalue weighted by molar-refractivity contribution is 5.90. The Morgan fingerprint density at radius 2 is 2.04 bits per heavy atom. The van der Waals surface area contributed by atoms with Gasteiger partial charge in [0.1, 0.15) is 5.75 Å². The van der Waals surface area contributed by atoms with Gasteiger partial charge >= 0.3 is 5.97 Å². The molecule has 1 atom stereocenters. The molecule has 25 heavy (non-hydrogen) atoms. The van der Waals surface area contributed by atoms with E-state index in [1.54, 1.807) is 20.1 Å². The van der Waals surface area contributed by atoms with Crippen molar-refractivity contribution in [2.24, 2.45) is 5.92 Å². The Hall–Kier alpha value is -2.30. The minimum Gasteiger partial charge on any atom is -0.497 e. The normalized spacial score (nSPS) is 16.4. The lowest BCUT2D eigenvalue weighted by molar-refractivity contribution is -0.150. The van der Waals surface area contributed by atoms with Crippen molar-refractivity contribution >= 4 is 18.0 Å². The van der Waals surface area contributed by atoms with Crippen LogP contribution in [0.15, 0.2) is 30.3 Å². The van der Waals surface area contributed by atoms with Crippen molar-refractivity contribution in [3.63, 3.8) is 0 Å². The SMILES string of the molecule is COc1cccc(/C=C/C(=O)O[C@H](C)C(=O)NCC2CCCCC2)c1. The second kappa shape index (κ2) is 9.87. The molecule has 1 saturated carbocycles. The van der Waals surface area contributed by atoms with E-state index in [0.717, 1.165) is 18.4 Å². The predicted octanol–water partition coefficient (Wildman–Crippen LogP) is 3.34. The lowest BCUT2D eigenvalue weighted by atomic mass is 9.89. The number of rotatable bonds is 7. The zero-order chi connectivity index (χ0) is 18.1. The molecule has 1 aliphatic carbocycles. The number of ether oxygens (including phenoxy) is 2. The molecule has 1 fully saturated rings. The van der Waals surface area contributed by atoms with Crippen LogP contribution >= 0.6 is 0 Å². The molecule has 1 aromatic carbocycles. The van der Waals surface area contributed by atoms with Crippen LogP contribution in [0.5, 0.6) is 5.75 Å². The van der Waals surface area contributed by atoms with Crippen LogP contribution in [0.2, 0.25) is 0 Å². The lowest BCUT2D eigenvalue weighted by Crippen LogP contribution is -2.38. The molecular weight excluding hydrogens is 318 g/mol. The Labute approximate surface area is 149 Å². The van der Waals surface area contributed by atoms with Crippen LogP contribution in [-0.4, -0.2) is 31.6 Å². The summed E-state index contributed by atoms with van der Waals surface area (Å²) in [6.45, 7) is 2.26. The molecule has 0 bridgehead atoms. The number of hydrogen-bond donors (Lipinski definition) is 1. The third kappa shape index (κ3) is 6.61. The first-order valence-corrected chi connectivity index (χ1v) is 8.89. The van der Waals surface area contributed by atoms with Crippen LogP contribution in [0, 0.1) is 5.92 Å². The Kier molecular flexibility index (Phi) is 7.51. The van der Waals surface area contributed by atoms with Gasteiger partial charge in [0.05, 0.1) is 7.11 Å². The van der Waals surface area contributed by atoms with Crippen LogP contribution in [0.1, 0.15) is 44.6 Å². The van der Waals surface area contributed by atoms with E-state index in [-0.39, 0.29) is 5.91 Å². The summed E-state index contributed by atoms with van der Waals surface area (Å²) < 4.78 is 10.3. The van der Waals surface area contributed by atoms with Crippen molar-refractivity contribution in [2.75, 3.05) is 13.7 Å². The summed E-state index contributed by atoms with van der Waals surface area (Å²) in [6, 6.07) is 7.33. The van der Waals surface area contributed by atoms with E-state index in [1.807, 2.05) is 24.3 Å². The molecule has 0 saturated heterocycles. The number of benzene rings is 1. The molecule has 0 heterocycles. The largest absolute Gasteiger partial charge is 0.497 e. The van der Waals surface area contributed by atoms with Crippen molar-refractivity contribution in [1.82, 2.24) is 5.32 Å². The van der Waals surface area contributed by atoms with Gasteiger partial charge in [-0.3, -0.25) is 4.79 Å². The molecule has 1 aliphatic rings.